The summed E-state index contributed by atoms with van der Waals surface area (Å²) in [7, 11) is 0. The van der Waals surface area contributed by atoms with E-state index in [4.69, 9.17) is 23.1 Å². The van der Waals surface area contributed by atoms with E-state index in [0.717, 1.165) is 0 Å². The minimum atomic E-state index is -1.11. The molecule has 84 valence electrons. The summed E-state index contributed by atoms with van der Waals surface area (Å²) in [5.74, 6) is 1.60. The lowest BCUT2D eigenvalue weighted by molar-refractivity contribution is 0.0697. The van der Waals surface area contributed by atoms with Gasteiger partial charge in [0.25, 0.3) is 0 Å². The standard InChI is InChI=1S/C11H11ClN2O2/c1-4-11(2,3)14-9-8(10(15)16)5-7(12)6-13-9/h1,5-6H,2-3H3,(H,13,14)(H,15,16). The Hall–Kier alpha value is -1.73. The number of aromatic nitrogens is 1. The minimum Gasteiger partial charge on any atom is -0.478 e. The largest absolute Gasteiger partial charge is 0.478 e. The van der Waals surface area contributed by atoms with Gasteiger partial charge in [0, 0.05) is 6.20 Å². The lowest BCUT2D eigenvalue weighted by atomic mass is 10.1. The summed E-state index contributed by atoms with van der Waals surface area (Å²) in [5, 5.41) is 12.1. The molecule has 1 heterocycles. The minimum absolute atomic E-state index is 0.00387. The van der Waals surface area contributed by atoms with Gasteiger partial charge in [-0.2, -0.15) is 0 Å². The summed E-state index contributed by atoms with van der Waals surface area (Å²) in [6.45, 7) is 3.49. The lowest BCUT2D eigenvalue weighted by Gasteiger charge is -2.21. The zero-order valence-electron chi connectivity index (χ0n) is 8.91. The Kier molecular flexibility index (Phi) is 3.41. The van der Waals surface area contributed by atoms with Gasteiger partial charge in [0.15, 0.2) is 0 Å². The van der Waals surface area contributed by atoms with Crippen LogP contribution in [0.1, 0.15) is 24.2 Å². The number of carbonyl (C=O) groups is 1. The Morgan fingerprint density at radius 3 is 2.81 bits per heavy atom. The van der Waals surface area contributed by atoms with Crippen molar-refractivity contribution in [2.45, 2.75) is 19.4 Å². The average Bonchev–Trinajstić information content (AvgIpc) is 2.20. The van der Waals surface area contributed by atoms with E-state index in [1.165, 1.54) is 12.3 Å². The molecule has 2 N–H and O–H groups in total. The van der Waals surface area contributed by atoms with Crippen LogP contribution in [0.3, 0.4) is 0 Å². The number of carboxylic acids is 1. The van der Waals surface area contributed by atoms with Gasteiger partial charge < -0.3 is 10.4 Å². The number of nitrogens with zero attached hydrogens (tertiary/aromatic N) is 1. The molecule has 0 aromatic carbocycles. The zero-order chi connectivity index (χ0) is 12.3. The first-order valence-corrected chi connectivity index (χ1v) is 4.88. The quantitative estimate of drug-likeness (QED) is 0.793. The number of pyridine rings is 1. The Morgan fingerprint density at radius 2 is 2.31 bits per heavy atom. The highest BCUT2D eigenvalue weighted by Crippen LogP contribution is 2.20. The van der Waals surface area contributed by atoms with Crippen LogP contribution in [0.4, 0.5) is 5.82 Å². The van der Waals surface area contributed by atoms with Crippen LogP contribution >= 0.6 is 11.6 Å². The molecule has 0 fully saturated rings. The summed E-state index contributed by atoms with van der Waals surface area (Å²) in [4.78, 5) is 14.9. The van der Waals surface area contributed by atoms with Crippen molar-refractivity contribution in [3.63, 3.8) is 0 Å². The molecule has 0 saturated heterocycles. The number of aromatic carboxylic acids is 1. The number of terminal acetylenes is 1. The van der Waals surface area contributed by atoms with Crippen molar-refractivity contribution in [2.75, 3.05) is 5.32 Å². The van der Waals surface area contributed by atoms with E-state index < -0.39 is 11.5 Å². The average molecular weight is 239 g/mol. The molecule has 1 aromatic rings. The van der Waals surface area contributed by atoms with Crippen molar-refractivity contribution in [2.24, 2.45) is 0 Å². The van der Waals surface area contributed by atoms with Crippen molar-refractivity contribution < 1.29 is 9.90 Å². The first-order valence-electron chi connectivity index (χ1n) is 4.50. The smallest absolute Gasteiger partial charge is 0.339 e. The van der Waals surface area contributed by atoms with Crippen molar-refractivity contribution >= 4 is 23.4 Å². The van der Waals surface area contributed by atoms with Gasteiger partial charge in [-0.05, 0) is 19.9 Å². The molecule has 1 aromatic heterocycles. The SMILES string of the molecule is C#CC(C)(C)Nc1ncc(Cl)cc1C(=O)O. The van der Waals surface area contributed by atoms with Gasteiger partial charge in [0.05, 0.1) is 10.6 Å². The lowest BCUT2D eigenvalue weighted by Crippen LogP contribution is -2.30. The molecule has 0 spiro atoms. The fraction of sp³-hybridized carbons (Fsp3) is 0.273. The molecule has 16 heavy (non-hydrogen) atoms. The van der Waals surface area contributed by atoms with Crippen LogP contribution in [-0.2, 0) is 0 Å². The fourth-order valence-corrected chi connectivity index (χ4v) is 1.19. The van der Waals surface area contributed by atoms with E-state index in [2.05, 4.69) is 16.2 Å². The molecule has 0 aliphatic rings. The third kappa shape index (κ3) is 2.88. The van der Waals surface area contributed by atoms with Gasteiger partial charge in [0.2, 0.25) is 0 Å². The molecule has 5 heteroatoms. The number of anilines is 1. The van der Waals surface area contributed by atoms with Gasteiger partial charge in [-0.15, -0.1) is 6.42 Å². The van der Waals surface area contributed by atoms with Gasteiger partial charge >= 0.3 is 5.97 Å². The normalized spacial score (nSPS) is 10.6. The molecule has 0 bridgehead atoms. The van der Waals surface area contributed by atoms with E-state index >= 15 is 0 Å². The zero-order valence-corrected chi connectivity index (χ0v) is 9.67. The molecule has 0 unspecified atom stereocenters. The van der Waals surface area contributed by atoms with Crippen molar-refractivity contribution in [1.82, 2.24) is 4.98 Å². The molecule has 0 amide bonds. The Bertz CT molecular complexity index is 464. The molecule has 1 rings (SSSR count). The maximum Gasteiger partial charge on any atom is 0.339 e. The summed E-state index contributed by atoms with van der Waals surface area (Å²) in [6, 6.07) is 1.33. The number of carboxylic acid groups (broad SMARTS) is 1. The van der Waals surface area contributed by atoms with Crippen LogP contribution in [0.5, 0.6) is 0 Å². The number of halogens is 1. The van der Waals surface area contributed by atoms with Crippen molar-refractivity contribution in [3.8, 4) is 12.3 Å². The fourth-order valence-electron chi connectivity index (χ4n) is 1.03. The summed E-state index contributed by atoms with van der Waals surface area (Å²) >= 11 is 5.67. The van der Waals surface area contributed by atoms with Crippen LogP contribution in [-0.4, -0.2) is 21.6 Å². The molecule has 0 radical (unpaired) electrons. The van der Waals surface area contributed by atoms with Gasteiger partial charge in [-0.25, -0.2) is 9.78 Å². The third-order valence-electron chi connectivity index (χ3n) is 1.88. The van der Waals surface area contributed by atoms with Crippen LogP contribution in [0, 0.1) is 12.3 Å². The molecular weight excluding hydrogens is 228 g/mol. The number of rotatable bonds is 3. The van der Waals surface area contributed by atoms with E-state index in [1.807, 2.05) is 0 Å². The predicted molar refractivity (Wildman–Crippen MR) is 62.7 cm³/mol. The summed E-state index contributed by atoms with van der Waals surface area (Å²) in [5.41, 5.74) is -0.679. The van der Waals surface area contributed by atoms with E-state index in [9.17, 15) is 4.79 Å². The highest BCUT2D eigenvalue weighted by atomic mass is 35.5. The van der Waals surface area contributed by atoms with Crippen LogP contribution in [0.2, 0.25) is 5.02 Å². The first kappa shape index (κ1) is 12.3. The Morgan fingerprint density at radius 1 is 1.69 bits per heavy atom. The molecular formula is C11H11ClN2O2. The van der Waals surface area contributed by atoms with E-state index in [0.29, 0.717) is 0 Å². The van der Waals surface area contributed by atoms with Gasteiger partial charge in [-0.3, -0.25) is 0 Å². The Labute approximate surface area is 98.6 Å². The highest BCUT2D eigenvalue weighted by Gasteiger charge is 2.19. The molecule has 0 atom stereocenters. The topological polar surface area (TPSA) is 62.2 Å². The highest BCUT2D eigenvalue weighted by molar-refractivity contribution is 6.30. The van der Waals surface area contributed by atoms with Gasteiger partial charge in [0.1, 0.15) is 11.4 Å². The maximum absolute atomic E-state index is 11.0. The number of hydrogen-bond acceptors (Lipinski definition) is 3. The van der Waals surface area contributed by atoms with Crippen LogP contribution in [0.25, 0.3) is 0 Å². The molecule has 0 aliphatic heterocycles. The summed E-state index contributed by atoms with van der Waals surface area (Å²) < 4.78 is 0. The predicted octanol–water partition coefficient (Wildman–Crippen LogP) is 2.26. The molecule has 0 aliphatic carbocycles. The Balaban J connectivity index is 3.15. The maximum atomic E-state index is 11.0. The van der Waals surface area contributed by atoms with Crippen molar-refractivity contribution in [1.29, 1.82) is 0 Å². The number of nitrogens with one attached hydrogen (secondary N) is 1. The van der Waals surface area contributed by atoms with Crippen molar-refractivity contribution in [3.05, 3.63) is 22.8 Å². The molecule has 4 nitrogen and oxygen atoms in total. The monoisotopic (exact) mass is 238 g/mol. The second kappa shape index (κ2) is 4.42. The second-order valence-corrected chi connectivity index (χ2v) is 4.19. The van der Waals surface area contributed by atoms with E-state index in [-0.39, 0.29) is 16.4 Å². The van der Waals surface area contributed by atoms with Crippen LogP contribution in [0.15, 0.2) is 12.3 Å². The third-order valence-corrected chi connectivity index (χ3v) is 2.08. The van der Waals surface area contributed by atoms with Crippen LogP contribution < -0.4 is 5.32 Å². The second-order valence-electron chi connectivity index (χ2n) is 3.75. The first-order chi connectivity index (χ1) is 7.35. The van der Waals surface area contributed by atoms with E-state index in [1.54, 1.807) is 13.8 Å². The van der Waals surface area contributed by atoms with Gasteiger partial charge in [-0.1, -0.05) is 17.5 Å². The summed E-state index contributed by atoms with van der Waals surface area (Å²) in [6.07, 6.45) is 6.66. The number of hydrogen-bond donors (Lipinski definition) is 2. The molecule has 0 saturated carbocycles.